The summed E-state index contributed by atoms with van der Waals surface area (Å²) in [6.45, 7) is 9.37. The molecule has 0 bridgehead atoms. The third-order valence-corrected chi connectivity index (χ3v) is 4.41. The van der Waals surface area contributed by atoms with E-state index in [-0.39, 0.29) is 11.9 Å². The van der Waals surface area contributed by atoms with Gasteiger partial charge in [0.15, 0.2) is 0 Å². The van der Waals surface area contributed by atoms with Crippen LogP contribution in [0.2, 0.25) is 0 Å². The lowest BCUT2D eigenvalue weighted by molar-refractivity contribution is 0.0671. The molecule has 0 aliphatic carbocycles. The minimum Gasteiger partial charge on any atom is -0.490 e. The first-order chi connectivity index (χ1) is 12.1. The molecule has 3 rings (SSSR count). The molecule has 1 fully saturated rings. The van der Waals surface area contributed by atoms with Gasteiger partial charge in [0.05, 0.1) is 6.04 Å². The highest BCUT2D eigenvalue weighted by molar-refractivity contribution is 5.94. The zero-order valence-corrected chi connectivity index (χ0v) is 14.8. The van der Waals surface area contributed by atoms with Crippen molar-refractivity contribution in [1.82, 2.24) is 19.7 Å². The van der Waals surface area contributed by atoms with Gasteiger partial charge < -0.3 is 9.64 Å². The van der Waals surface area contributed by atoms with Crippen LogP contribution in [-0.2, 0) is 0 Å². The van der Waals surface area contributed by atoms with E-state index in [1.54, 1.807) is 6.08 Å². The first-order valence-electron chi connectivity index (χ1n) is 8.61. The van der Waals surface area contributed by atoms with E-state index >= 15 is 0 Å². The van der Waals surface area contributed by atoms with Gasteiger partial charge in [-0.2, -0.15) is 5.10 Å². The predicted octanol–water partition coefficient (Wildman–Crippen LogP) is 2.94. The third kappa shape index (κ3) is 3.90. The Balaban J connectivity index is 1.69. The highest BCUT2D eigenvalue weighted by atomic mass is 16.5. The number of rotatable bonds is 5. The van der Waals surface area contributed by atoms with E-state index in [0.717, 1.165) is 36.8 Å². The van der Waals surface area contributed by atoms with Gasteiger partial charge in [-0.25, -0.2) is 9.67 Å². The zero-order valence-electron chi connectivity index (χ0n) is 14.8. The normalized spacial score (nSPS) is 17.4. The molecule has 2 heterocycles. The number of ether oxygens (including phenoxy) is 1. The number of hydrogen-bond acceptors (Lipinski definition) is 4. The molecule has 132 valence electrons. The lowest BCUT2D eigenvalue weighted by Crippen LogP contribution is -2.41. The van der Waals surface area contributed by atoms with Crippen molar-refractivity contribution in [2.75, 3.05) is 19.7 Å². The summed E-state index contributed by atoms with van der Waals surface area (Å²) in [6.07, 6.45) is 3.68. The summed E-state index contributed by atoms with van der Waals surface area (Å²) in [4.78, 5) is 19.1. The van der Waals surface area contributed by atoms with Crippen LogP contribution in [-0.4, -0.2) is 45.3 Å². The molecule has 1 aromatic heterocycles. The summed E-state index contributed by atoms with van der Waals surface area (Å²) in [5, 5.41) is 4.48. The summed E-state index contributed by atoms with van der Waals surface area (Å²) in [6, 6.07) is 7.46. The van der Waals surface area contributed by atoms with Crippen molar-refractivity contribution in [2.45, 2.75) is 32.7 Å². The quantitative estimate of drug-likeness (QED) is 0.785. The standard InChI is InChI=1S/C19H24N4O2/c1-4-12-25-18-9-7-16(8-10-18)19(24)22-11-5-6-17(13-22)23-15(3)20-14(2)21-23/h4,7-10,17H,1,5-6,11-13H2,2-3H3/t17-/m0/s1. The minimum absolute atomic E-state index is 0.0504. The molecule has 1 aromatic carbocycles. The van der Waals surface area contributed by atoms with Crippen molar-refractivity contribution in [3.05, 3.63) is 54.1 Å². The number of likely N-dealkylation sites (tertiary alicyclic amines) is 1. The molecular formula is C19H24N4O2. The lowest BCUT2D eigenvalue weighted by atomic mass is 10.0. The molecule has 1 atom stereocenters. The second kappa shape index (κ2) is 7.51. The maximum absolute atomic E-state index is 12.8. The number of nitrogens with zero attached hydrogens (tertiary/aromatic N) is 4. The average molecular weight is 340 g/mol. The molecule has 1 aliphatic heterocycles. The number of carbonyl (C=O) groups excluding carboxylic acids is 1. The minimum atomic E-state index is 0.0504. The van der Waals surface area contributed by atoms with Crippen LogP contribution in [0.4, 0.5) is 0 Å². The number of piperidine rings is 1. The van der Waals surface area contributed by atoms with Gasteiger partial charge in [-0.3, -0.25) is 4.79 Å². The van der Waals surface area contributed by atoms with Crippen molar-refractivity contribution in [1.29, 1.82) is 0 Å². The molecule has 0 unspecified atom stereocenters. The molecule has 25 heavy (non-hydrogen) atoms. The highest BCUT2D eigenvalue weighted by Crippen LogP contribution is 2.24. The largest absolute Gasteiger partial charge is 0.490 e. The summed E-state index contributed by atoms with van der Waals surface area (Å²) in [5.74, 6) is 2.47. The van der Waals surface area contributed by atoms with Crippen molar-refractivity contribution in [2.24, 2.45) is 0 Å². The summed E-state index contributed by atoms with van der Waals surface area (Å²) < 4.78 is 7.42. The highest BCUT2D eigenvalue weighted by Gasteiger charge is 2.27. The number of benzene rings is 1. The Morgan fingerprint density at radius 1 is 1.36 bits per heavy atom. The van der Waals surface area contributed by atoms with Crippen molar-refractivity contribution in [3.63, 3.8) is 0 Å². The first-order valence-corrected chi connectivity index (χ1v) is 8.61. The van der Waals surface area contributed by atoms with Crippen LogP contribution in [0.5, 0.6) is 5.75 Å². The molecule has 1 amide bonds. The lowest BCUT2D eigenvalue weighted by Gasteiger charge is -2.33. The van der Waals surface area contributed by atoms with E-state index in [0.29, 0.717) is 18.7 Å². The van der Waals surface area contributed by atoms with E-state index in [2.05, 4.69) is 16.7 Å². The van der Waals surface area contributed by atoms with E-state index < -0.39 is 0 Å². The average Bonchev–Trinajstić information content (AvgIpc) is 2.98. The van der Waals surface area contributed by atoms with Gasteiger partial charge in [-0.15, -0.1) is 0 Å². The molecule has 2 aromatic rings. The van der Waals surface area contributed by atoms with Crippen LogP contribution in [0.25, 0.3) is 0 Å². The van der Waals surface area contributed by atoms with Crippen molar-refractivity contribution in [3.8, 4) is 5.75 Å². The summed E-state index contributed by atoms with van der Waals surface area (Å²) in [5.41, 5.74) is 0.679. The maximum atomic E-state index is 12.8. The topological polar surface area (TPSA) is 60.2 Å². The number of aromatic nitrogens is 3. The van der Waals surface area contributed by atoms with Gasteiger partial charge in [0.1, 0.15) is 24.0 Å². The molecule has 6 heteroatoms. The Bertz CT molecular complexity index is 751. The Kier molecular flexibility index (Phi) is 5.16. The van der Waals surface area contributed by atoms with Gasteiger partial charge in [0.25, 0.3) is 5.91 Å². The van der Waals surface area contributed by atoms with E-state index in [1.807, 2.05) is 47.7 Å². The molecule has 1 aliphatic rings. The number of carbonyl (C=O) groups is 1. The SMILES string of the molecule is C=CCOc1ccc(C(=O)N2CCC[C@H](n3nc(C)nc3C)C2)cc1. The number of aryl methyl sites for hydroxylation is 2. The van der Waals surface area contributed by atoms with Gasteiger partial charge in [0.2, 0.25) is 0 Å². The van der Waals surface area contributed by atoms with Crippen LogP contribution in [0.3, 0.4) is 0 Å². The maximum Gasteiger partial charge on any atom is 0.253 e. The van der Waals surface area contributed by atoms with Crippen LogP contribution < -0.4 is 4.74 Å². The first kappa shape index (κ1) is 17.2. The second-order valence-corrected chi connectivity index (χ2v) is 6.32. The molecule has 0 N–H and O–H groups in total. The molecule has 0 spiro atoms. The second-order valence-electron chi connectivity index (χ2n) is 6.32. The van der Waals surface area contributed by atoms with Crippen LogP contribution >= 0.6 is 0 Å². The smallest absolute Gasteiger partial charge is 0.253 e. The van der Waals surface area contributed by atoms with Gasteiger partial charge >= 0.3 is 0 Å². The third-order valence-electron chi connectivity index (χ3n) is 4.41. The Labute approximate surface area is 148 Å². The Morgan fingerprint density at radius 3 is 2.76 bits per heavy atom. The Hall–Kier alpha value is -2.63. The molecular weight excluding hydrogens is 316 g/mol. The van der Waals surface area contributed by atoms with Gasteiger partial charge in [0, 0.05) is 18.7 Å². The zero-order chi connectivity index (χ0) is 17.8. The van der Waals surface area contributed by atoms with E-state index in [4.69, 9.17) is 4.74 Å². The fraction of sp³-hybridized carbons (Fsp3) is 0.421. The van der Waals surface area contributed by atoms with Crippen LogP contribution in [0.15, 0.2) is 36.9 Å². The van der Waals surface area contributed by atoms with Crippen molar-refractivity contribution >= 4 is 5.91 Å². The monoisotopic (exact) mass is 340 g/mol. The summed E-state index contributed by atoms with van der Waals surface area (Å²) in [7, 11) is 0. The number of amides is 1. The van der Waals surface area contributed by atoms with Crippen molar-refractivity contribution < 1.29 is 9.53 Å². The van der Waals surface area contributed by atoms with Crippen LogP contribution in [0, 0.1) is 13.8 Å². The Morgan fingerprint density at radius 2 is 2.12 bits per heavy atom. The van der Waals surface area contributed by atoms with Gasteiger partial charge in [-0.05, 0) is 51.0 Å². The fourth-order valence-electron chi connectivity index (χ4n) is 3.25. The molecule has 1 saturated heterocycles. The molecule has 0 saturated carbocycles. The predicted molar refractivity (Wildman–Crippen MR) is 95.8 cm³/mol. The summed E-state index contributed by atoms with van der Waals surface area (Å²) >= 11 is 0. The number of hydrogen-bond donors (Lipinski definition) is 0. The van der Waals surface area contributed by atoms with E-state index in [9.17, 15) is 4.79 Å². The molecule has 0 radical (unpaired) electrons. The molecule has 6 nitrogen and oxygen atoms in total. The van der Waals surface area contributed by atoms with E-state index in [1.165, 1.54) is 0 Å². The van der Waals surface area contributed by atoms with Gasteiger partial charge in [-0.1, -0.05) is 12.7 Å². The fourth-order valence-corrected chi connectivity index (χ4v) is 3.25. The van der Waals surface area contributed by atoms with Crippen LogP contribution in [0.1, 0.15) is 40.9 Å².